The summed E-state index contributed by atoms with van der Waals surface area (Å²) in [5.74, 6) is 2.88. The number of fused-ring (bicyclic) bond motifs is 4. The van der Waals surface area contributed by atoms with Crippen molar-refractivity contribution in [1.29, 1.82) is 0 Å². The number of rotatable bonds is 7. The van der Waals surface area contributed by atoms with E-state index in [0.29, 0.717) is 12.1 Å². The molecule has 0 saturated carbocycles. The maximum absolute atomic E-state index is 12.4. The van der Waals surface area contributed by atoms with Crippen molar-refractivity contribution in [1.82, 2.24) is 30.0 Å². The molecular weight excluding hydrogens is 601 g/mol. The first-order valence-corrected chi connectivity index (χ1v) is 19.2. The van der Waals surface area contributed by atoms with E-state index in [4.69, 9.17) is 0 Å². The number of carbonyl (C=O) groups is 1. The molecule has 2 amide bonds. The molecule has 4 aliphatic rings. The number of thioether (sulfide) groups is 1. The standard InChI is InChI=1S/C20H26N4O.C19H26N2S/c1-4-24(5-2)20(25)22-14-10-16-15-7-6-8-17-19(15)13(11-21-17)9-18(16)23(3)12-14;1-3-7-21-11-13(12-22-2)8-16-15-5-4-6-17-19(15)14(10-20-17)9-18(16)21/h6-8,10-11,14,18,21H,4-5,9,12H2,1-3H3,(H,22,25);4-6,10,13,16,18,20H,3,7-9,11-12H2,1-2H3/t14-,18+;13-,16-,18-/m01/s1. The molecule has 8 heteroatoms. The third-order valence-corrected chi connectivity index (χ3v) is 12.0. The molecule has 0 bridgehead atoms. The highest BCUT2D eigenvalue weighted by molar-refractivity contribution is 7.98. The Balaban J connectivity index is 0.000000151. The summed E-state index contributed by atoms with van der Waals surface area (Å²) in [5, 5.41) is 6.07. The monoisotopic (exact) mass is 652 g/mol. The first-order chi connectivity index (χ1) is 22.9. The van der Waals surface area contributed by atoms with Crippen molar-refractivity contribution < 1.29 is 4.79 Å². The number of likely N-dealkylation sites (N-methyl/N-ethyl adjacent to an activating group) is 1. The molecule has 7 nitrogen and oxygen atoms in total. The molecular formula is C39H52N6OS. The highest BCUT2D eigenvalue weighted by atomic mass is 32.2. The van der Waals surface area contributed by atoms with Gasteiger partial charge < -0.3 is 20.2 Å². The van der Waals surface area contributed by atoms with Crippen LogP contribution in [0.2, 0.25) is 0 Å². The second-order valence-corrected chi connectivity index (χ2v) is 15.0. The van der Waals surface area contributed by atoms with Gasteiger partial charge in [-0.3, -0.25) is 9.80 Å². The number of benzene rings is 2. The van der Waals surface area contributed by atoms with Gasteiger partial charge in [-0.2, -0.15) is 11.8 Å². The summed E-state index contributed by atoms with van der Waals surface area (Å²) >= 11 is 2.01. The summed E-state index contributed by atoms with van der Waals surface area (Å²) < 4.78 is 0. The number of urea groups is 1. The fraction of sp³-hybridized carbons (Fsp3) is 0.513. The minimum absolute atomic E-state index is 0.0232. The van der Waals surface area contributed by atoms with Gasteiger partial charge in [-0.15, -0.1) is 0 Å². The Hall–Kier alpha value is -3.20. The highest BCUT2D eigenvalue weighted by Crippen LogP contribution is 2.45. The van der Waals surface area contributed by atoms with E-state index in [9.17, 15) is 4.79 Å². The molecule has 4 aromatic rings. The summed E-state index contributed by atoms with van der Waals surface area (Å²) in [4.78, 5) is 26.3. The normalized spacial score (nSPS) is 25.0. The molecule has 2 aromatic heterocycles. The van der Waals surface area contributed by atoms with Gasteiger partial charge in [0.05, 0.1) is 6.04 Å². The number of nitrogens with zero attached hydrogens (tertiary/aromatic N) is 3. The van der Waals surface area contributed by atoms with Crippen LogP contribution in [0.15, 0.2) is 54.9 Å². The maximum Gasteiger partial charge on any atom is 0.317 e. The predicted molar refractivity (Wildman–Crippen MR) is 199 cm³/mol. The molecule has 0 spiro atoms. The van der Waals surface area contributed by atoms with Crippen molar-refractivity contribution in [3.63, 3.8) is 0 Å². The topological polar surface area (TPSA) is 70.4 Å². The lowest BCUT2D eigenvalue weighted by molar-refractivity contribution is 0.0926. The average molecular weight is 653 g/mol. The number of aromatic nitrogens is 2. The van der Waals surface area contributed by atoms with Crippen LogP contribution in [-0.4, -0.2) is 101 Å². The molecule has 5 atom stereocenters. The zero-order valence-corrected chi connectivity index (χ0v) is 29.6. The van der Waals surface area contributed by atoms with Crippen LogP contribution in [-0.2, 0) is 12.8 Å². The lowest BCUT2D eigenvalue weighted by Gasteiger charge is -2.47. The smallest absolute Gasteiger partial charge is 0.317 e. The number of H-pyrrole nitrogens is 2. The number of carbonyl (C=O) groups excluding carboxylic acids is 1. The number of piperidine rings is 1. The van der Waals surface area contributed by atoms with Crippen LogP contribution in [0.3, 0.4) is 0 Å². The minimum Gasteiger partial charge on any atom is -0.361 e. The number of hydrogen-bond donors (Lipinski definition) is 3. The lowest BCUT2D eigenvalue weighted by atomic mass is 9.72. The zero-order chi connectivity index (χ0) is 32.7. The molecule has 0 radical (unpaired) electrons. The number of aromatic amines is 2. The number of amides is 2. The number of hydrogen-bond acceptors (Lipinski definition) is 4. The predicted octanol–water partition coefficient (Wildman–Crippen LogP) is 7.11. The second kappa shape index (κ2) is 13.7. The summed E-state index contributed by atoms with van der Waals surface area (Å²) in [6.45, 7) is 11.2. The fourth-order valence-corrected chi connectivity index (χ4v) is 9.82. The third-order valence-electron chi connectivity index (χ3n) is 11.2. The van der Waals surface area contributed by atoms with Crippen molar-refractivity contribution in [2.45, 2.75) is 70.5 Å². The Labute approximate surface area is 284 Å². The van der Waals surface area contributed by atoms with Gasteiger partial charge in [-0.25, -0.2) is 4.79 Å². The van der Waals surface area contributed by atoms with Crippen LogP contribution in [0.4, 0.5) is 4.79 Å². The first kappa shape index (κ1) is 32.4. The summed E-state index contributed by atoms with van der Waals surface area (Å²) in [7, 11) is 2.16. The van der Waals surface area contributed by atoms with Crippen molar-refractivity contribution in [2.75, 3.05) is 51.8 Å². The van der Waals surface area contributed by atoms with Gasteiger partial charge in [-0.1, -0.05) is 37.3 Å². The molecule has 1 saturated heterocycles. The third kappa shape index (κ3) is 6.02. The Morgan fingerprint density at radius 3 is 2.43 bits per heavy atom. The van der Waals surface area contributed by atoms with E-state index < -0.39 is 0 Å². The number of nitrogens with one attached hydrogen (secondary N) is 3. The zero-order valence-electron chi connectivity index (χ0n) is 28.8. The van der Waals surface area contributed by atoms with Gasteiger partial charge >= 0.3 is 6.03 Å². The van der Waals surface area contributed by atoms with E-state index in [-0.39, 0.29) is 12.1 Å². The molecule has 3 N–H and O–H groups in total. The molecule has 1 fully saturated rings. The SMILES string of the molecule is CCCN1C[C@H](CSC)C[C@@H]2c3cccc4[nH]cc(c34)C[C@H]21.CCN(CC)C(=O)N[C@H]1C=C2c3cccc4[nH]cc(c34)C[C@H]2N(C)C1. The molecule has 2 aliphatic carbocycles. The Morgan fingerprint density at radius 2 is 1.70 bits per heavy atom. The van der Waals surface area contributed by atoms with E-state index in [0.717, 1.165) is 37.9 Å². The molecule has 2 aromatic carbocycles. The van der Waals surface area contributed by atoms with Crippen molar-refractivity contribution >= 4 is 45.2 Å². The summed E-state index contributed by atoms with van der Waals surface area (Å²) in [6, 6.07) is 14.5. The van der Waals surface area contributed by atoms with Crippen molar-refractivity contribution in [2.24, 2.45) is 5.92 Å². The Kier molecular flexibility index (Phi) is 9.45. The molecule has 250 valence electrons. The minimum atomic E-state index is 0.0232. The van der Waals surface area contributed by atoms with Gasteiger partial charge in [0.15, 0.2) is 0 Å². The van der Waals surface area contributed by atoms with E-state index >= 15 is 0 Å². The largest absolute Gasteiger partial charge is 0.361 e. The molecule has 0 unspecified atom stereocenters. The maximum atomic E-state index is 12.4. The molecule has 47 heavy (non-hydrogen) atoms. The van der Waals surface area contributed by atoms with Gasteiger partial charge in [0.2, 0.25) is 0 Å². The van der Waals surface area contributed by atoms with Crippen molar-refractivity contribution in [3.05, 3.63) is 77.1 Å². The van der Waals surface area contributed by atoms with E-state index in [1.54, 1.807) is 5.56 Å². The average Bonchev–Trinajstić information content (AvgIpc) is 3.69. The van der Waals surface area contributed by atoms with Gasteiger partial charge in [-0.05, 0) is 111 Å². The Bertz CT molecular complexity index is 1750. The summed E-state index contributed by atoms with van der Waals surface area (Å²) in [6.07, 6.45) is 13.8. The van der Waals surface area contributed by atoms with E-state index in [1.807, 2.05) is 30.5 Å². The van der Waals surface area contributed by atoms with Gasteiger partial charge in [0.1, 0.15) is 0 Å². The van der Waals surface area contributed by atoms with Crippen LogP contribution < -0.4 is 5.32 Å². The summed E-state index contributed by atoms with van der Waals surface area (Å²) in [5.41, 5.74) is 9.72. The molecule has 2 aliphatic heterocycles. The Morgan fingerprint density at radius 1 is 0.979 bits per heavy atom. The highest BCUT2D eigenvalue weighted by Gasteiger charge is 2.40. The van der Waals surface area contributed by atoms with Crippen LogP contribution in [0.1, 0.15) is 61.8 Å². The number of likely N-dealkylation sites (tertiary alicyclic amines) is 1. The van der Waals surface area contributed by atoms with Gasteiger partial charge in [0.25, 0.3) is 0 Å². The lowest BCUT2D eigenvalue weighted by Crippen LogP contribution is -2.52. The first-order valence-electron chi connectivity index (χ1n) is 17.8. The van der Waals surface area contributed by atoms with Gasteiger partial charge in [0, 0.05) is 78.4 Å². The second-order valence-electron chi connectivity index (χ2n) is 14.1. The van der Waals surface area contributed by atoms with Crippen LogP contribution >= 0.6 is 11.8 Å². The van der Waals surface area contributed by atoms with Crippen LogP contribution in [0, 0.1) is 5.92 Å². The van der Waals surface area contributed by atoms with E-state index in [1.165, 1.54) is 82.2 Å². The molecule has 4 heterocycles. The van der Waals surface area contributed by atoms with E-state index in [2.05, 4.69) is 100 Å². The fourth-order valence-electron chi connectivity index (χ4n) is 9.10. The molecule has 8 rings (SSSR count). The van der Waals surface area contributed by atoms with Crippen LogP contribution in [0.25, 0.3) is 27.4 Å². The van der Waals surface area contributed by atoms with Crippen LogP contribution in [0.5, 0.6) is 0 Å². The quantitative estimate of drug-likeness (QED) is 0.199. The van der Waals surface area contributed by atoms with Crippen molar-refractivity contribution in [3.8, 4) is 0 Å².